The van der Waals surface area contributed by atoms with Gasteiger partial charge in [0.25, 0.3) is 0 Å². The van der Waals surface area contributed by atoms with Gasteiger partial charge in [-0.05, 0) is 18.8 Å². The number of carbonyl (C=O) groups is 2. The summed E-state index contributed by atoms with van der Waals surface area (Å²) in [5.74, 6) is 0.624. The van der Waals surface area contributed by atoms with Crippen molar-refractivity contribution in [2.24, 2.45) is 5.92 Å². The Kier molecular flexibility index (Phi) is 4.40. The van der Waals surface area contributed by atoms with E-state index in [1.165, 1.54) is 37.0 Å². The molecule has 0 spiro atoms. The van der Waals surface area contributed by atoms with Crippen molar-refractivity contribution in [3.8, 4) is 0 Å². The van der Waals surface area contributed by atoms with E-state index < -0.39 is 6.09 Å². The van der Waals surface area contributed by atoms with Gasteiger partial charge in [-0.2, -0.15) is 0 Å². The van der Waals surface area contributed by atoms with E-state index in [1.807, 2.05) is 0 Å². The van der Waals surface area contributed by atoms with Gasteiger partial charge < -0.3 is 4.74 Å². The summed E-state index contributed by atoms with van der Waals surface area (Å²) in [6, 6.07) is 0. The van der Waals surface area contributed by atoms with Gasteiger partial charge in [-0.25, -0.2) is 9.69 Å². The molecule has 2 fully saturated rings. The molecule has 1 heterocycles. The molecule has 2 amide bonds. The van der Waals surface area contributed by atoms with E-state index in [-0.39, 0.29) is 5.91 Å². The summed E-state index contributed by atoms with van der Waals surface area (Å²) in [7, 11) is 0. The second-order valence-corrected chi connectivity index (χ2v) is 5.06. The number of carbonyl (C=O) groups excluding carboxylic acids is 2. The number of ether oxygens (including phenoxy) is 1. The fourth-order valence-corrected chi connectivity index (χ4v) is 2.71. The largest absolute Gasteiger partial charge is 0.449 e. The summed E-state index contributed by atoms with van der Waals surface area (Å²) in [5, 5.41) is 0. The Hall–Kier alpha value is -1.06. The van der Waals surface area contributed by atoms with Crippen LogP contribution in [-0.4, -0.2) is 30.1 Å². The fourth-order valence-electron chi connectivity index (χ4n) is 2.71. The van der Waals surface area contributed by atoms with E-state index >= 15 is 0 Å². The molecule has 2 aliphatic rings. The Morgan fingerprint density at radius 2 is 2.00 bits per heavy atom. The van der Waals surface area contributed by atoms with Crippen LogP contribution in [0.3, 0.4) is 0 Å². The summed E-state index contributed by atoms with van der Waals surface area (Å²) < 4.78 is 5.17. The zero-order valence-corrected chi connectivity index (χ0v) is 10.3. The number of rotatable bonds is 3. The molecule has 0 aromatic carbocycles. The van der Waals surface area contributed by atoms with Gasteiger partial charge in [-0.1, -0.05) is 32.1 Å². The Balaban J connectivity index is 1.64. The third-order valence-electron chi connectivity index (χ3n) is 3.77. The average Bonchev–Trinajstić information content (AvgIpc) is 2.77. The number of amides is 2. The Morgan fingerprint density at radius 1 is 1.24 bits per heavy atom. The fraction of sp³-hybridized carbons (Fsp3) is 0.846. The summed E-state index contributed by atoms with van der Waals surface area (Å²) >= 11 is 0. The number of hydrogen-bond donors (Lipinski definition) is 0. The first-order chi connectivity index (χ1) is 8.27. The lowest BCUT2D eigenvalue weighted by Gasteiger charge is -2.21. The highest BCUT2D eigenvalue weighted by molar-refractivity contribution is 5.93. The second-order valence-electron chi connectivity index (χ2n) is 5.06. The third kappa shape index (κ3) is 3.45. The highest BCUT2D eigenvalue weighted by atomic mass is 16.6. The highest BCUT2D eigenvalue weighted by Crippen LogP contribution is 2.26. The van der Waals surface area contributed by atoms with E-state index in [1.54, 1.807) is 0 Å². The molecule has 0 bridgehead atoms. The topological polar surface area (TPSA) is 46.6 Å². The molecule has 4 nitrogen and oxygen atoms in total. The Labute approximate surface area is 102 Å². The van der Waals surface area contributed by atoms with E-state index in [0.717, 1.165) is 12.8 Å². The molecule has 1 saturated carbocycles. The molecule has 0 atom stereocenters. The molecule has 1 aliphatic heterocycles. The maximum atomic E-state index is 11.6. The van der Waals surface area contributed by atoms with Gasteiger partial charge >= 0.3 is 6.09 Å². The summed E-state index contributed by atoms with van der Waals surface area (Å²) in [5.41, 5.74) is 0. The van der Waals surface area contributed by atoms with E-state index in [4.69, 9.17) is 4.74 Å². The standard InChI is InChI=1S/C13H21NO3/c15-12-7-4-9-14(12)13(16)17-10-8-11-5-2-1-3-6-11/h11H,1-10H2. The lowest BCUT2D eigenvalue weighted by atomic mass is 9.87. The zero-order valence-electron chi connectivity index (χ0n) is 10.3. The molecule has 4 heteroatoms. The van der Waals surface area contributed by atoms with Gasteiger partial charge in [0.2, 0.25) is 5.91 Å². The predicted molar refractivity (Wildman–Crippen MR) is 63.5 cm³/mol. The maximum Gasteiger partial charge on any atom is 0.416 e. The van der Waals surface area contributed by atoms with Crippen molar-refractivity contribution in [2.45, 2.75) is 51.4 Å². The molecule has 0 unspecified atom stereocenters. The van der Waals surface area contributed by atoms with Gasteiger partial charge in [0, 0.05) is 13.0 Å². The molecular weight excluding hydrogens is 218 g/mol. The van der Waals surface area contributed by atoms with Crippen molar-refractivity contribution in [1.29, 1.82) is 0 Å². The summed E-state index contributed by atoms with van der Waals surface area (Å²) in [4.78, 5) is 24.1. The van der Waals surface area contributed by atoms with Crippen LogP contribution in [0.4, 0.5) is 4.79 Å². The van der Waals surface area contributed by atoms with Gasteiger partial charge in [-0.3, -0.25) is 4.79 Å². The Morgan fingerprint density at radius 3 is 2.65 bits per heavy atom. The molecule has 17 heavy (non-hydrogen) atoms. The Bertz CT molecular complexity index is 284. The molecule has 0 radical (unpaired) electrons. The quantitative estimate of drug-likeness (QED) is 0.760. The van der Waals surface area contributed by atoms with E-state index in [9.17, 15) is 9.59 Å². The van der Waals surface area contributed by atoms with Crippen molar-refractivity contribution in [3.63, 3.8) is 0 Å². The monoisotopic (exact) mass is 239 g/mol. The number of nitrogens with zero attached hydrogens (tertiary/aromatic N) is 1. The molecule has 96 valence electrons. The van der Waals surface area contributed by atoms with Crippen LogP contribution in [0.25, 0.3) is 0 Å². The van der Waals surface area contributed by atoms with Crippen LogP contribution in [0.1, 0.15) is 51.4 Å². The van der Waals surface area contributed by atoms with Gasteiger partial charge in [0.1, 0.15) is 0 Å². The summed E-state index contributed by atoms with van der Waals surface area (Å²) in [6.07, 6.45) is 8.26. The molecule has 1 aliphatic carbocycles. The molecular formula is C13H21NO3. The minimum atomic E-state index is -0.441. The molecule has 1 saturated heterocycles. The zero-order chi connectivity index (χ0) is 12.1. The van der Waals surface area contributed by atoms with Crippen molar-refractivity contribution in [2.75, 3.05) is 13.2 Å². The normalized spacial score (nSPS) is 21.9. The highest BCUT2D eigenvalue weighted by Gasteiger charge is 2.27. The van der Waals surface area contributed by atoms with Crippen molar-refractivity contribution >= 4 is 12.0 Å². The van der Waals surface area contributed by atoms with Gasteiger partial charge in [0.15, 0.2) is 0 Å². The van der Waals surface area contributed by atoms with Crippen molar-refractivity contribution in [3.05, 3.63) is 0 Å². The van der Waals surface area contributed by atoms with E-state index in [2.05, 4.69) is 0 Å². The van der Waals surface area contributed by atoms with Crippen molar-refractivity contribution < 1.29 is 14.3 Å². The first-order valence-corrected chi connectivity index (χ1v) is 6.74. The summed E-state index contributed by atoms with van der Waals surface area (Å²) in [6.45, 7) is 0.994. The number of imide groups is 1. The number of hydrogen-bond acceptors (Lipinski definition) is 3. The first-order valence-electron chi connectivity index (χ1n) is 6.74. The SMILES string of the molecule is O=C1CCCN1C(=O)OCCC1CCCCC1. The van der Waals surface area contributed by atoms with E-state index in [0.29, 0.717) is 25.5 Å². The molecule has 0 aromatic rings. The molecule has 0 N–H and O–H groups in total. The maximum absolute atomic E-state index is 11.6. The predicted octanol–water partition coefficient (Wildman–Crippen LogP) is 2.72. The lowest BCUT2D eigenvalue weighted by Crippen LogP contribution is -2.32. The minimum absolute atomic E-state index is 0.0901. The molecule has 2 rings (SSSR count). The van der Waals surface area contributed by atoms with Crippen LogP contribution < -0.4 is 0 Å². The smallest absolute Gasteiger partial charge is 0.416 e. The van der Waals surface area contributed by atoms with Crippen LogP contribution in [-0.2, 0) is 9.53 Å². The average molecular weight is 239 g/mol. The van der Waals surface area contributed by atoms with Gasteiger partial charge in [0.05, 0.1) is 6.61 Å². The van der Waals surface area contributed by atoms with Crippen molar-refractivity contribution in [1.82, 2.24) is 4.90 Å². The third-order valence-corrected chi connectivity index (χ3v) is 3.77. The second kappa shape index (κ2) is 6.03. The van der Waals surface area contributed by atoms with Crippen LogP contribution in [0, 0.1) is 5.92 Å². The molecule has 0 aromatic heterocycles. The van der Waals surface area contributed by atoms with Crippen LogP contribution in [0.2, 0.25) is 0 Å². The lowest BCUT2D eigenvalue weighted by molar-refractivity contribution is -0.126. The van der Waals surface area contributed by atoms with Gasteiger partial charge in [-0.15, -0.1) is 0 Å². The minimum Gasteiger partial charge on any atom is -0.449 e. The van der Waals surface area contributed by atoms with Crippen LogP contribution >= 0.6 is 0 Å². The number of likely N-dealkylation sites (tertiary alicyclic amines) is 1. The van der Waals surface area contributed by atoms with Crippen LogP contribution in [0.5, 0.6) is 0 Å². The van der Waals surface area contributed by atoms with Crippen LogP contribution in [0.15, 0.2) is 0 Å². The first kappa shape index (κ1) is 12.4.